The molecule has 0 saturated heterocycles. The Hall–Kier alpha value is -1.03. The SMILES string of the molecule is CCNC(CC)(c1ccccc1F)C(F)F. The molecule has 0 aliphatic rings. The van der Waals surface area contributed by atoms with Gasteiger partial charge in [-0.15, -0.1) is 0 Å². The van der Waals surface area contributed by atoms with Crippen LogP contribution in [0.2, 0.25) is 0 Å². The first-order chi connectivity index (χ1) is 7.58. The average Bonchev–Trinajstić information content (AvgIpc) is 2.26. The molecule has 16 heavy (non-hydrogen) atoms. The third-order valence-electron chi connectivity index (χ3n) is 2.78. The number of hydrogen-bond acceptors (Lipinski definition) is 1. The Labute approximate surface area is 93.7 Å². The Morgan fingerprint density at radius 2 is 1.88 bits per heavy atom. The summed E-state index contributed by atoms with van der Waals surface area (Å²) < 4.78 is 39.9. The lowest BCUT2D eigenvalue weighted by Gasteiger charge is -2.33. The van der Waals surface area contributed by atoms with Gasteiger partial charge in [-0.2, -0.15) is 0 Å². The molecule has 1 aromatic rings. The van der Waals surface area contributed by atoms with Gasteiger partial charge >= 0.3 is 0 Å². The standard InChI is InChI=1S/C12H16F3N/c1-3-12(11(14)15,16-4-2)9-7-5-6-8-10(9)13/h5-8,11,16H,3-4H2,1-2H3. The second-order valence-corrected chi connectivity index (χ2v) is 3.64. The Morgan fingerprint density at radius 3 is 2.31 bits per heavy atom. The smallest absolute Gasteiger partial charge is 0.260 e. The van der Waals surface area contributed by atoms with Crippen molar-refractivity contribution in [2.75, 3.05) is 6.54 Å². The summed E-state index contributed by atoms with van der Waals surface area (Å²) in [7, 11) is 0. The normalized spacial score (nSPS) is 15.1. The summed E-state index contributed by atoms with van der Waals surface area (Å²) in [4.78, 5) is 0. The molecule has 1 aromatic carbocycles. The zero-order chi connectivity index (χ0) is 12.2. The molecule has 1 unspecified atom stereocenters. The maximum absolute atomic E-state index is 13.6. The summed E-state index contributed by atoms with van der Waals surface area (Å²) in [6.07, 6.45) is -2.51. The van der Waals surface area contributed by atoms with Crippen molar-refractivity contribution >= 4 is 0 Å². The predicted molar refractivity (Wildman–Crippen MR) is 58.0 cm³/mol. The molecule has 1 nitrogen and oxygen atoms in total. The number of hydrogen-bond donors (Lipinski definition) is 1. The van der Waals surface area contributed by atoms with E-state index in [1.54, 1.807) is 19.9 Å². The molecule has 0 radical (unpaired) electrons. The lowest BCUT2D eigenvalue weighted by atomic mass is 9.87. The van der Waals surface area contributed by atoms with Crippen LogP contribution < -0.4 is 5.32 Å². The van der Waals surface area contributed by atoms with E-state index in [-0.39, 0.29) is 12.0 Å². The van der Waals surface area contributed by atoms with E-state index >= 15 is 0 Å². The van der Waals surface area contributed by atoms with Crippen LogP contribution in [0.4, 0.5) is 13.2 Å². The van der Waals surface area contributed by atoms with E-state index in [1.807, 2.05) is 0 Å². The Bertz CT molecular complexity index is 341. The fraction of sp³-hybridized carbons (Fsp3) is 0.500. The zero-order valence-electron chi connectivity index (χ0n) is 9.43. The molecule has 0 fully saturated rings. The second kappa shape index (κ2) is 5.34. The molecule has 0 spiro atoms. The molecule has 1 N–H and O–H groups in total. The molecule has 0 bridgehead atoms. The monoisotopic (exact) mass is 231 g/mol. The molecule has 90 valence electrons. The fourth-order valence-electron chi connectivity index (χ4n) is 1.90. The van der Waals surface area contributed by atoms with Crippen LogP contribution in [0.3, 0.4) is 0 Å². The number of rotatable bonds is 5. The van der Waals surface area contributed by atoms with Gasteiger partial charge in [0.05, 0.1) is 0 Å². The third-order valence-corrected chi connectivity index (χ3v) is 2.78. The number of nitrogens with one attached hydrogen (secondary N) is 1. The number of halogens is 3. The molecule has 0 amide bonds. The first kappa shape index (κ1) is 13.0. The van der Waals surface area contributed by atoms with Gasteiger partial charge in [-0.3, -0.25) is 0 Å². The van der Waals surface area contributed by atoms with Gasteiger partial charge in [-0.05, 0) is 19.0 Å². The molecule has 0 heterocycles. The van der Waals surface area contributed by atoms with E-state index in [4.69, 9.17) is 0 Å². The van der Waals surface area contributed by atoms with Gasteiger partial charge in [0.15, 0.2) is 0 Å². The first-order valence-electron chi connectivity index (χ1n) is 5.36. The summed E-state index contributed by atoms with van der Waals surface area (Å²) in [5.41, 5.74) is -1.55. The molecule has 0 aliphatic heterocycles. The summed E-state index contributed by atoms with van der Waals surface area (Å²) in [5, 5.41) is 2.71. The van der Waals surface area contributed by atoms with E-state index in [1.165, 1.54) is 18.2 Å². The van der Waals surface area contributed by atoms with E-state index in [2.05, 4.69) is 5.32 Å². The Kier molecular flexibility index (Phi) is 4.35. The molecule has 0 saturated carbocycles. The van der Waals surface area contributed by atoms with Gasteiger partial charge < -0.3 is 5.32 Å². The van der Waals surface area contributed by atoms with Crippen molar-refractivity contribution in [1.82, 2.24) is 5.32 Å². The van der Waals surface area contributed by atoms with Gasteiger partial charge in [0, 0.05) is 5.56 Å². The zero-order valence-corrected chi connectivity index (χ0v) is 9.43. The van der Waals surface area contributed by atoms with Crippen LogP contribution >= 0.6 is 0 Å². The average molecular weight is 231 g/mol. The Balaban J connectivity index is 3.24. The van der Waals surface area contributed by atoms with Crippen molar-refractivity contribution < 1.29 is 13.2 Å². The van der Waals surface area contributed by atoms with Crippen LogP contribution in [-0.2, 0) is 5.54 Å². The highest BCUT2D eigenvalue weighted by molar-refractivity contribution is 5.27. The largest absolute Gasteiger partial charge is 0.303 e. The van der Waals surface area contributed by atoms with Crippen LogP contribution in [0, 0.1) is 5.82 Å². The number of alkyl halides is 2. The number of benzene rings is 1. The van der Waals surface area contributed by atoms with Crippen LogP contribution in [0.1, 0.15) is 25.8 Å². The van der Waals surface area contributed by atoms with Gasteiger partial charge in [-0.1, -0.05) is 32.0 Å². The van der Waals surface area contributed by atoms with E-state index < -0.39 is 17.8 Å². The maximum Gasteiger partial charge on any atom is 0.260 e. The lowest BCUT2D eigenvalue weighted by Crippen LogP contribution is -2.48. The highest BCUT2D eigenvalue weighted by Crippen LogP contribution is 2.33. The third kappa shape index (κ3) is 2.21. The molecular weight excluding hydrogens is 215 g/mol. The van der Waals surface area contributed by atoms with E-state index in [0.29, 0.717) is 6.54 Å². The summed E-state index contributed by atoms with van der Waals surface area (Å²) in [6, 6.07) is 5.69. The molecule has 1 atom stereocenters. The molecule has 0 aliphatic carbocycles. The maximum atomic E-state index is 13.6. The van der Waals surface area contributed by atoms with E-state index in [9.17, 15) is 13.2 Å². The van der Waals surface area contributed by atoms with Crippen LogP contribution in [0.15, 0.2) is 24.3 Å². The van der Waals surface area contributed by atoms with Crippen molar-refractivity contribution in [3.05, 3.63) is 35.6 Å². The highest BCUT2D eigenvalue weighted by Gasteiger charge is 2.41. The highest BCUT2D eigenvalue weighted by atomic mass is 19.3. The van der Waals surface area contributed by atoms with Crippen LogP contribution in [-0.4, -0.2) is 13.0 Å². The van der Waals surface area contributed by atoms with Crippen molar-refractivity contribution in [3.8, 4) is 0 Å². The summed E-state index contributed by atoms with van der Waals surface area (Å²) >= 11 is 0. The van der Waals surface area contributed by atoms with Crippen molar-refractivity contribution in [2.45, 2.75) is 32.2 Å². The van der Waals surface area contributed by atoms with Crippen molar-refractivity contribution in [2.24, 2.45) is 0 Å². The van der Waals surface area contributed by atoms with Gasteiger partial charge in [0.1, 0.15) is 11.4 Å². The minimum Gasteiger partial charge on any atom is -0.303 e. The summed E-state index contributed by atoms with van der Waals surface area (Å²) in [5.74, 6) is -0.592. The second-order valence-electron chi connectivity index (χ2n) is 3.64. The van der Waals surface area contributed by atoms with Crippen LogP contribution in [0.25, 0.3) is 0 Å². The minimum atomic E-state index is -2.64. The van der Waals surface area contributed by atoms with Gasteiger partial charge in [0.25, 0.3) is 6.43 Å². The quantitative estimate of drug-likeness (QED) is 0.819. The molecule has 4 heteroatoms. The topological polar surface area (TPSA) is 12.0 Å². The van der Waals surface area contributed by atoms with E-state index in [0.717, 1.165) is 0 Å². The molecular formula is C12H16F3N. The minimum absolute atomic E-state index is 0.0364. The summed E-state index contributed by atoms with van der Waals surface area (Å²) in [6.45, 7) is 3.72. The van der Waals surface area contributed by atoms with Crippen molar-refractivity contribution in [1.29, 1.82) is 0 Å². The van der Waals surface area contributed by atoms with Crippen molar-refractivity contribution in [3.63, 3.8) is 0 Å². The molecule has 1 rings (SSSR count). The first-order valence-corrected chi connectivity index (χ1v) is 5.36. The Morgan fingerprint density at radius 1 is 1.25 bits per heavy atom. The van der Waals surface area contributed by atoms with Gasteiger partial charge in [-0.25, -0.2) is 13.2 Å². The molecule has 0 aromatic heterocycles. The predicted octanol–water partition coefficient (Wildman–Crippen LogP) is 3.31. The fourth-order valence-corrected chi connectivity index (χ4v) is 1.90. The van der Waals surface area contributed by atoms with Crippen LogP contribution in [0.5, 0.6) is 0 Å². The lowest BCUT2D eigenvalue weighted by molar-refractivity contribution is 0.0232. The van der Waals surface area contributed by atoms with Gasteiger partial charge in [0.2, 0.25) is 0 Å².